The fraction of sp³-hybridized carbons (Fsp3) is 0.500. The van der Waals surface area contributed by atoms with Crippen LogP contribution in [-0.4, -0.2) is 39.1 Å². The average Bonchev–Trinajstić information content (AvgIpc) is 2.75. The summed E-state index contributed by atoms with van der Waals surface area (Å²) in [5.74, 6) is 1.77. The molecule has 1 aromatic rings. The first kappa shape index (κ1) is 12.9. The number of aromatic carboxylic acids is 1. The second-order valence-corrected chi connectivity index (χ2v) is 7.02. The lowest BCUT2D eigenvalue weighted by molar-refractivity contribution is 0.0687. The van der Waals surface area contributed by atoms with Crippen molar-refractivity contribution in [3.63, 3.8) is 0 Å². The fourth-order valence-electron chi connectivity index (χ4n) is 1.49. The van der Waals surface area contributed by atoms with E-state index in [1.165, 1.54) is 18.3 Å². The van der Waals surface area contributed by atoms with Gasteiger partial charge in [0, 0.05) is 24.2 Å². The van der Waals surface area contributed by atoms with Crippen LogP contribution in [0, 0.1) is 0 Å². The van der Waals surface area contributed by atoms with E-state index in [0.29, 0.717) is 0 Å². The number of carbonyl (C=O) groups is 2. The highest BCUT2D eigenvalue weighted by Gasteiger charge is 2.26. The van der Waals surface area contributed by atoms with Crippen molar-refractivity contribution >= 4 is 46.6 Å². The van der Waals surface area contributed by atoms with Crippen LogP contribution in [0.4, 0.5) is 0 Å². The monoisotopic (exact) mass is 289 g/mol. The van der Waals surface area contributed by atoms with Crippen LogP contribution in [0.25, 0.3) is 0 Å². The summed E-state index contributed by atoms with van der Waals surface area (Å²) >= 11 is 4.85. The van der Waals surface area contributed by atoms with Gasteiger partial charge in [-0.15, -0.1) is 23.1 Å². The van der Waals surface area contributed by atoms with Crippen molar-refractivity contribution in [3.05, 3.63) is 15.6 Å². The Labute approximate surface area is 111 Å². The third-order valence-corrected chi connectivity index (χ3v) is 6.44. The second-order valence-electron chi connectivity index (χ2n) is 3.53. The molecule has 17 heavy (non-hydrogen) atoms. The Kier molecular flexibility index (Phi) is 4.11. The van der Waals surface area contributed by atoms with Gasteiger partial charge in [-0.25, -0.2) is 9.78 Å². The van der Waals surface area contributed by atoms with E-state index in [9.17, 15) is 9.59 Å². The molecule has 0 radical (unpaired) electrons. The van der Waals surface area contributed by atoms with Crippen LogP contribution >= 0.6 is 34.9 Å². The summed E-state index contributed by atoms with van der Waals surface area (Å²) in [4.78, 5) is 26.7. The number of thiazole rings is 1. The Morgan fingerprint density at radius 1 is 1.41 bits per heavy atom. The smallest absolute Gasteiger partial charge is 0.356 e. The highest BCUT2D eigenvalue weighted by molar-refractivity contribution is 8.06. The Morgan fingerprint density at radius 2 is 2.18 bits per heavy atom. The van der Waals surface area contributed by atoms with Gasteiger partial charge >= 0.3 is 5.97 Å². The number of nitrogens with zero attached hydrogens (tertiary/aromatic N) is 1. The van der Waals surface area contributed by atoms with E-state index in [2.05, 4.69) is 4.98 Å². The van der Waals surface area contributed by atoms with Gasteiger partial charge in [0.25, 0.3) is 0 Å². The molecule has 1 unspecified atom stereocenters. The summed E-state index contributed by atoms with van der Waals surface area (Å²) in [6.45, 7) is 1.38. The predicted octanol–water partition coefficient (Wildman–Crippen LogP) is 2.57. The summed E-state index contributed by atoms with van der Waals surface area (Å²) in [7, 11) is 0. The van der Waals surface area contributed by atoms with E-state index in [1.54, 1.807) is 11.8 Å². The number of Topliss-reactive ketones (excluding diaryl/α,β-unsaturated/α-hetero) is 1. The largest absolute Gasteiger partial charge is 0.476 e. The van der Waals surface area contributed by atoms with Gasteiger partial charge in [0.2, 0.25) is 0 Å². The molecule has 0 aromatic carbocycles. The van der Waals surface area contributed by atoms with Gasteiger partial charge in [-0.3, -0.25) is 4.79 Å². The van der Waals surface area contributed by atoms with E-state index in [0.717, 1.165) is 22.3 Å². The van der Waals surface area contributed by atoms with Crippen molar-refractivity contribution in [2.75, 3.05) is 17.3 Å². The number of aromatic nitrogens is 1. The predicted molar refractivity (Wildman–Crippen MR) is 71.6 cm³/mol. The third kappa shape index (κ3) is 2.83. The average molecular weight is 289 g/mol. The van der Waals surface area contributed by atoms with E-state index in [-0.39, 0.29) is 21.6 Å². The lowest BCUT2D eigenvalue weighted by Gasteiger charge is -2.18. The summed E-state index contributed by atoms with van der Waals surface area (Å²) < 4.78 is 0. The first-order valence-corrected chi connectivity index (χ1v) is 8.06. The molecule has 7 heteroatoms. The molecule has 4 nitrogen and oxygen atoms in total. The lowest BCUT2D eigenvalue weighted by Crippen LogP contribution is -2.07. The Balaban J connectivity index is 2.32. The molecule has 0 saturated carbocycles. The maximum atomic E-state index is 11.4. The van der Waals surface area contributed by atoms with Gasteiger partial charge < -0.3 is 5.11 Å². The van der Waals surface area contributed by atoms with Gasteiger partial charge in [0.15, 0.2) is 11.5 Å². The fourth-order valence-corrected chi connectivity index (χ4v) is 5.42. The summed E-state index contributed by atoms with van der Waals surface area (Å²) in [5, 5.41) is 10.0. The maximum Gasteiger partial charge on any atom is 0.356 e. The Bertz CT molecular complexity index is 420. The van der Waals surface area contributed by atoms with Crippen LogP contribution in [0.1, 0.15) is 37.3 Å². The van der Waals surface area contributed by atoms with Crippen LogP contribution in [-0.2, 0) is 0 Å². The van der Waals surface area contributed by atoms with Crippen molar-refractivity contribution in [2.24, 2.45) is 0 Å². The lowest BCUT2D eigenvalue weighted by atomic mass is 10.3. The molecule has 1 atom stereocenters. The molecular weight excluding hydrogens is 278 g/mol. The number of carboxylic acids is 1. The maximum absolute atomic E-state index is 11.4. The minimum absolute atomic E-state index is 0.0892. The Morgan fingerprint density at radius 3 is 2.65 bits per heavy atom. The van der Waals surface area contributed by atoms with Gasteiger partial charge in [-0.2, -0.15) is 11.8 Å². The second kappa shape index (κ2) is 5.41. The molecule has 0 amide bonds. The number of hydrogen-bond acceptors (Lipinski definition) is 6. The van der Waals surface area contributed by atoms with Crippen molar-refractivity contribution in [3.8, 4) is 0 Å². The van der Waals surface area contributed by atoms with Crippen molar-refractivity contribution in [2.45, 2.75) is 12.2 Å². The molecule has 0 spiro atoms. The number of hydrogen-bond donors (Lipinski definition) is 1. The zero-order valence-electron chi connectivity index (χ0n) is 9.13. The quantitative estimate of drug-likeness (QED) is 0.863. The number of carbonyl (C=O) groups excluding carboxylic acids is 1. The van der Waals surface area contributed by atoms with E-state index < -0.39 is 5.97 Å². The van der Waals surface area contributed by atoms with E-state index >= 15 is 0 Å². The van der Waals surface area contributed by atoms with Crippen LogP contribution < -0.4 is 0 Å². The molecule has 1 fully saturated rings. The van der Waals surface area contributed by atoms with E-state index in [1.807, 2.05) is 11.8 Å². The van der Waals surface area contributed by atoms with E-state index in [4.69, 9.17) is 5.11 Å². The molecule has 2 heterocycles. The molecule has 1 aliphatic rings. The van der Waals surface area contributed by atoms with Gasteiger partial charge in [-0.05, 0) is 0 Å². The molecule has 92 valence electrons. The Hall–Kier alpha value is -0.530. The van der Waals surface area contributed by atoms with Crippen molar-refractivity contribution < 1.29 is 14.7 Å². The number of rotatable bonds is 3. The van der Waals surface area contributed by atoms with Gasteiger partial charge in [-0.1, -0.05) is 0 Å². The van der Waals surface area contributed by atoms with Crippen LogP contribution in [0.2, 0.25) is 0 Å². The highest BCUT2D eigenvalue weighted by Crippen LogP contribution is 2.39. The SMILES string of the molecule is CC(=O)c1sc(C2CSCCS2)nc1C(=O)O. The molecular formula is C10H11NO3S3. The summed E-state index contributed by atoms with van der Waals surface area (Å²) in [6, 6.07) is 0. The standard InChI is InChI=1S/C10H11NO3S3/c1-5(12)8-7(10(13)14)11-9(17-8)6-4-15-2-3-16-6/h6H,2-4H2,1H3,(H,13,14). The first-order chi connectivity index (χ1) is 8.09. The minimum Gasteiger partial charge on any atom is -0.476 e. The van der Waals surface area contributed by atoms with Crippen LogP contribution in [0.3, 0.4) is 0 Å². The topological polar surface area (TPSA) is 67.3 Å². The molecule has 1 aliphatic heterocycles. The molecule has 0 bridgehead atoms. The number of carboxylic acid groups (broad SMARTS) is 1. The zero-order chi connectivity index (χ0) is 12.4. The van der Waals surface area contributed by atoms with Crippen LogP contribution in [0.5, 0.6) is 0 Å². The van der Waals surface area contributed by atoms with Crippen molar-refractivity contribution in [1.82, 2.24) is 4.98 Å². The zero-order valence-corrected chi connectivity index (χ0v) is 11.6. The number of thioether (sulfide) groups is 2. The molecule has 2 rings (SSSR count). The summed E-state index contributed by atoms with van der Waals surface area (Å²) in [5.41, 5.74) is -0.0892. The molecule has 0 aliphatic carbocycles. The molecule has 1 aromatic heterocycles. The van der Waals surface area contributed by atoms with Gasteiger partial charge in [0.05, 0.1) is 5.25 Å². The van der Waals surface area contributed by atoms with Gasteiger partial charge in [0.1, 0.15) is 9.88 Å². The van der Waals surface area contributed by atoms with Crippen molar-refractivity contribution in [1.29, 1.82) is 0 Å². The third-order valence-electron chi connectivity index (χ3n) is 2.26. The minimum atomic E-state index is -1.12. The summed E-state index contributed by atoms with van der Waals surface area (Å²) in [6.07, 6.45) is 0. The van der Waals surface area contributed by atoms with Crippen LogP contribution in [0.15, 0.2) is 0 Å². The normalized spacial score (nSPS) is 20.2. The number of ketones is 1. The highest BCUT2D eigenvalue weighted by atomic mass is 32.2. The first-order valence-electron chi connectivity index (χ1n) is 5.04. The molecule has 1 saturated heterocycles. The molecule has 1 N–H and O–H groups in total.